The largest absolute Gasteiger partial charge is 0.496 e. The Morgan fingerprint density at radius 2 is 2.03 bits per heavy atom. The Kier molecular flexibility index (Phi) is 11.3. The van der Waals surface area contributed by atoms with E-state index >= 15 is 0 Å². The molecule has 194 valence electrons. The van der Waals surface area contributed by atoms with E-state index < -0.39 is 0 Å². The Bertz CT molecular complexity index is 962. The number of benzene rings is 1. The van der Waals surface area contributed by atoms with E-state index in [-0.39, 0.29) is 11.3 Å². The van der Waals surface area contributed by atoms with Crippen molar-refractivity contribution >= 4 is 22.7 Å². The highest BCUT2D eigenvalue weighted by Crippen LogP contribution is 2.39. The van der Waals surface area contributed by atoms with Gasteiger partial charge >= 0.3 is 0 Å². The normalized spacial score (nSPS) is 13.2. The van der Waals surface area contributed by atoms with Crippen molar-refractivity contribution in [3.63, 3.8) is 0 Å². The lowest BCUT2D eigenvalue weighted by Crippen LogP contribution is -2.27. The molecule has 1 atom stereocenters. The molecule has 1 N–H and O–H groups in total. The highest BCUT2D eigenvalue weighted by Gasteiger charge is 2.25. The molecule has 1 heterocycles. The zero-order valence-corrected chi connectivity index (χ0v) is 23.7. The number of carbonyl (C=O) groups excluding carboxylic acids is 1. The summed E-state index contributed by atoms with van der Waals surface area (Å²) in [6.45, 7) is 14.7. The van der Waals surface area contributed by atoms with E-state index in [0.717, 1.165) is 35.0 Å². The standard InChI is InChI=1S/C28H44N4O2S/c1-9-21(10-12-31-25(33)11-14-32-15-13-30-19-32)18-35-27(29-7)22-16-23(20(2)3)26(34-8)24(17-22)28(4,5)6/h13,15-17,19-21H,9-12,14,18H2,1-8H3,(H,31,33). The van der Waals surface area contributed by atoms with Crippen LogP contribution in [-0.2, 0) is 16.8 Å². The summed E-state index contributed by atoms with van der Waals surface area (Å²) < 4.78 is 7.79. The number of amides is 1. The monoisotopic (exact) mass is 500 g/mol. The number of ether oxygens (including phenoxy) is 1. The van der Waals surface area contributed by atoms with Crippen LogP contribution in [0.4, 0.5) is 0 Å². The molecule has 0 spiro atoms. The van der Waals surface area contributed by atoms with Gasteiger partial charge < -0.3 is 14.6 Å². The zero-order chi connectivity index (χ0) is 26.0. The fraction of sp³-hybridized carbons (Fsp3) is 0.607. The van der Waals surface area contributed by atoms with Crippen LogP contribution < -0.4 is 10.1 Å². The van der Waals surface area contributed by atoms with Crippen molar-refractivity contribution < 1.29 is 9.53 Å². The molecule has 0 fully saturated rings. The quantitative estimate of drug-likeness (QED) is 0.285. The van der Waals surface area contributed by atoms with E-state index in [1.54, 1.807) is 19.6 Å². The van der Waals surface area contributed by atoms with Gasteiger partial charge in [-0.2, -0.15) is 0 Å². The molecule has 0 aliphatic carbocycles. The summed E-state index contributed by atoms with van der Waals surface area (Å²) in [6.07, 6.45) is 7.85. The minimum Gasteiger partial charge on any atom is -0.496 e. The molecule has 2 aromatic rings. The summed E-state index contributed by atoms with van der Waals surface area (Å²) >= 11 is 1.81. The molecule has 0 radical (unpaired) electrons. The number of imidazole rings is 1. The molecular formula is C28H44N4O2S. The number of carbonyl (C=O) groups is 1. The van der Waals surface area contributed by atoms with Gasteiger partial charge in [-0.1, -0.05) is 48.0 Å². The molecule has 0 aliphatic heterocycles. The van der Waals surface area contributed by atoms with Gasteiger partial charge in [-0.25, -0.2) is 4.98 Å². The lowest BCUT2D eigenvalue weighted by Gasteiger charge is -2.26. The van der Waals surface area contributed by atoms with Crippen molar-refractivity contribution in [2.24, 2.45) is 10.9 Å². The Morgan fingerprint density at radius 3 is 2.57 bits per heavy atom. The maximum absolute atomic E-state index is 12.2. The van der Waals surface area contributed by atoms with Crippen LogP contribution in [0.1, 0.15) is 83.4 Å². The summed E-state index contributed by atoms with van der Waals surface area (Å²) in [5, 5.41) is 4.13. The smallest absolute Gasteiger partial charge is 0.221 e. The van der Waals surface area contributed by atoms with Crippen LogP contribution in [0.3, 0.4) is 0 Å². The third kappa shape index (κ3) is 8.71. The number of hydrogen-bond acceptors (Lipinski definition) is 5. The Labute approximate surface area is 216 Å². The van der Waals surface area contributed by atoms with E-state index in [1.807, 2.05) is 29.6 Å². The van der Waals surface area contributed by atoms with Crippen LogP contribution in [0.5, 0.6) is 5.75 Å². The minimum atomic E-state index is -0.0312. The predicted molar refractivity (Wildman–Crippen MR) is 149 cm³/mol. The zero-order valence-electron chi connectivity index (χ0n) is 22.9. The second-order valence-electron chi connectivity index (χ2n) is 10.4. The van der Waals surface area contributed by atoms with Crippen molar-refractivity contribution in [2.75, 3.05) is 26.5 Å². The average Bonchev–Trinajstić information content (AvgIpc) is 3.34. The highest BCUT2D eigenvalue weighted by atomic mass is 32.2. The molecule has 1 aromatic heterocycles. The van der Waals surface area contributed by atoms with Crippen LogP contribution in [0.25, 0.3) is 0 Å². The second kappa shape index (κ2) is 13.7. The third-order valence-corrected chi connectivity index (χ3v) is 7.60. The van der Waals surface area contributed by atoms with Crippen molar-refractivity contribution in [3.8, 4) is 5.75 Å². The van der Waals surface area contributed by atoms with Crippen molar-refractivity contribution in [2.45, 2.75) is 78.7 Å². The van der Waals surface area contributed by atoms with Crippen LogP contribution >= 0.6 is 11.8 Å². The number of methoxy groups -OCH3 is 1. The summed E-state index contributed by atoms with van der Waals surface area (Å²) in [5.74, 6) is 2.92. The van der Waals surface area contributed by atoms with Crippen LogP contribution in [0.2, 0.25) is 0 Å². The molecule has 0 aliphatic rings. The van der Waals surface area contributed by atoms with Gasteiger partial charge in [0.15, 0.2) is 0 Å². The Morgan fingerprint density at radius 1 is 1.29 bits per heavy atom. The first-order valence-electron chi connectivity index (χ1n) is 12.6. The lowest BCUT2D eigenvalue weighted by molar-refractivity contribution is -0.121. The fourth-order valence-electron chi connectivity index (χ4n) is 4.02. The van der Waals surface area contributed by atoms with Gasteiger partial charge in [0.25, 0.3) is 0 Å². The maximum atomic E-state index is 12.2. The minimum absolute atomic E-state index is 0.0312. The number of nitrogens with zero attached hydrogens (tertiary/aromatic N) is 3. The molecule has 1 amide bonds. The SMILES string of the molecule is CCC(CCNC(=O)CCn1ccnc1)CSC(=NC)c1cc(C(C)C)c(OC)c(C(C)(C)C)c1. The molecule has 0 saturated carbocycles. The Hall–Kier alpha value is -2.28. The molecule has 1 unspecified atom stereocenters. The van der Waals surface area contributed by atoms with E-state index in [0.29, 0.717) is 31.3 Å². The number of thioether (sulfide) groups is 1. The molecular weight excluding hydrogens is 456 g/mol. The highest BCUT2D eigenvalue weighted by molar-refractivity contribution is 8.14. The van der Waals surface area contributed by atoms with Crippen molar-refractivity contribution in [1.29, 1.82) is 0 Å². The number of aliphatic imine (C=N–C) groups is 1. The fourth-order valence-corrected chi connectivity index (χ4v) is 5.23. The molecule has 35 heavy (non-hydrogen) atoms. The first-order valence-corrected chi connectivity index (χ1v) is 13.6. The predicted octanol–water partition coefficient (Wildman–Crippen LogP) is 6.05. The lowest BCUT2D eigenvalue weighted by atomic mass is 9.82. The summed E-state index contributed by atoms with van der Waals surface area (Å²) in [6, 6.07) is 4.50. The van der Waals surface area contributed by atoms with E-state index in [9.17, 15) is 4.79 Å². The van der Waals surface area contributed by atoms with Gasteiger partial charge in [0, 0.05) is 55.8 Å². The van der Waals surface area contributed by atoms with Crippen molar-refractivity contribution in [3.05, 3.63) is 47.5 Å². The third-order valence-electron chi connectivity index (χ3n) is 6.27. The summed E-state index contributed by atoms with van der Waals surface area (Å²) in [7, 11) is 3.64. The summed E-state index contributed by atoms with van der Waals surface area (Å²) in [5.41, 5.74) is 3.57. The Balaban J connectivity index is 2.00. The van der Waals surface area contributed by atoms with Crippen LogP contribution in [-0.4, -0.2) is 47.0 Å². The molecule has 7 heteroatoms. The maximum Gasteiger partial charge on any atom is 0.221 e. The van der Waals surface area contributed by atoms with E-state index in [1.165, 1.54) is 11.1 Å². The van der Waals surface area contributed by atoms with E-state index in [4.69, 9.17) is 4.74 Å². The number of aryl methyl sites for hydroxylation is 1. The van der Waals surface area contributed by atoms with Gasteiger partial charge in [-0.3, -0.25) is 9.79 Å². The number of hydrogen-bond donors (Lipinski definition) is 1. The van der Waals surface area contributed by atoms with Gasteiger partial charge in [0.05, 0.1) is 18.5 Å². The molecule has 0 bridgehead atoms. The molecule has 6 nitrogen and oxygen atoms in total. The number of nitrogens with one attached hydrogen (secondary N) is 1. The topological polar surface area (TPSA) is 68.5 Å². The second-order valence-corrected chi connectivity index (χ2v) is 11.4. The molecule has 1 aromatic carbocycles. The van der Waals surface area contributed by atoms with Gasteiger partial charge in [0.1, 0.15) is 5.75 Å². The first kappa shape index (κ1) is 29.0. The molecule has 0 saturated heterocycles. The van der Waals surface area contributed by atoms with Crippen LogP contribution in [0, 0.1) is 5.92 Å². The average molecular weight is 501 g/mol. The van der Waals surface area contributed by atoms with Gasteiger partial charge in [-0.15, -0.1) is 11.8 Å². The number of rotatable bonds is 12. The van der Waals surface area contributed by atoms with Crippen LogP contribution in [0.15, 0.2) is 35.8 Å². The molecule has 2 rings (SSSR count). The van der Waals surface area contributed by atoms with Crippen molar-refractivity contribution in [1.82, 2.24) is 14.9 Å². The van der Waals surface area contributed by atoms with Gasteiger partial charge in [-0.05, 0) is 41.4 Å². The summed E-state index contributed by atoms with van der Waals surface area (Å²) in [4.78, 5) is 20.9. The number of aromatic nitrogens is 2. The first-order chi connectivity index (χ1) is 16.6. The van der Waals surface area contributed by atoms with Gasteiger partial charge in [0.2, 0.25) is 5.91 Å². The van der Waals surface area contributed by atoms with E-state index in [2.05, 4.69) is 69.0 Å².